The number of benzene rings is 1. The molecule has 0 aliphatic heterocycles. The second-order valence-electron chi connectivity index (χ2n) is 3.95. The average Bonchev–Trinajstić information content (AvgIpc) is 2.86. The maximum Gasteiger partial charge on any atom is 0.437 e. The van der Waals surface area contributed by atoms with Crippen LogP contribution in [0.5, 0.6) is 5.75 Å². The molecular weight excluding hydrogens is 250 g/mol. The molecule has 0 amide bonds. The SMILES string of the molecule is CC(O)C(Oc1ccccc1)n1ccnc1[N+](=O)[O-]. The number of aromatic nitrogens is 2. The summed E-state index contributed by atoms with van der Waals surface area (Å²) in [6.45, 7) is 1.50. The number of para-hydroxylation sites is 1. The third-order valence-corrected chi connectivity index (χ3v) is 2.50. The normalized spacial score (nSPS) is 13.8. The molecule has 0 fully saturated rings. The highest BCUT2D eigenvalue weighted by atomic mass is 16.6. The molecule has 0 saturated carbocycles. The second-order valence-corrected chi connectivity index (χ2v) is 3.95. The van der Waals surface area contributed by atoms with E-state index in [-0.39, 0.29) is 5.95 Å². The van der Waals surface area contributed by atoms with E-state index in [9.17, 15) is 15.2 Å². The Morgan fingerprint density at radius 2 is 2.11 bits per heavy atom. The van der Waals surface area contributed by atoms with Gasteiger partial charge in [-0.05, 0) is 24.0 Å². The standard InChI is InChI=1S/C12H13N3O4/c1-9(16)11(19-10-5-3-2-4-6-10)14-8-7-13-12(14)15(17)18/h2-9,11,16H,1H3. The van der Waals surface area contributed by atoms with Gasteiger partial charge in [0.25, 0.3) is 0 Å². The Kier molecular flexibility index (Phi) is 3.76. The maximum atomic E-state index is 10.8. The van der Waals surface area contributed by atoms with Gasteiger partial charge in [-0.25, -0.2) is 0 Å². The van der Waals surface area contributed by atoms with E-state index < -0.39 is 17.3 Å². The Bertz CT molecular complexity index is 553. The van der Waals surface area contributed by atoms with Gasteiger partial charge >= 0.3 is 5.95 Å². The van der Waals surface area contributed by atoms with E-state index in [1.54, 1.807) is 24.3 Å². The van der Waals surface area contributed by atoms with Gasteiger partial charge in [-0.2, -0.15) is 4.57 Å². The van der Waals surface area contributed by atoms with Gasteiger partial charge in [-0.15, -0.1) is 0 Å². The van der Waals surface area contributed by atoms with Crippen molar-refractivity contribution >= 4 is 5.95 Å². The Morgan fingerprint density at radius 3 is 2.68 bits per heavy atom. The summed E-state index contributed by atoms with van der Waals surface area (Å²) in [5, 5.41) is 20.6. The van der Waals surface area contributed by atoms with Crippen molar-refractivity contribution < 1.29 is 14.8 Å². The number of imidazole rings is 1. The van der Waals surface area contributed by atoms with Crippen LogP contribution in [0.15, 0.2) is 42.7 Å². The predicted molar refractivity (Wildman–Crippen MR) is 66.7 cm³/mol. The fourth-order valence-corrected chi connectivity index (χ4v) is 1.67. The lowest BCUT2D eigenvalue weighted by Gasteiger charge is -2.20. The van der Waals surface area contributed by atoms with Crippen LogP contribution in [0.25, 0.3) is 0 Å². The van der Waals surface area contributed by atoms with Crippen molar-refractivity contribution in [3.8, 4) is 5.75 Å². The van der Waals surface area contributed by atoms with Crippen molar-refractivity contribution in [1.29, 1.82) is 0 Å². The lowest BCUT2D eigenvalue weighted by atomic mass is 10.3. The van der Waals surface area contributed by atoms with Gasteiger partial charge in [0.2, 0.25) is 6.23 Å². The minimum Gasteiger partial charge on any atom is -0.455 e. The molecule has 1 heterocycles. The molecule has 0 spiro atoms. The van der Waals surface area contributed by atoms with Crippen LogP contribution in [-0.4, -0.2) is 25.7 Å². The van der Waals surface area contributed by atoms with Gasteiger partial charge in [-0.3, -0.25) is 0 Å². The Hall–Kier alpha value is -2.41. The highest BCUT2D eigenvalue weighted by Gasteiger charge is 2.28. The summed E-state index contributed by atoms with van der Waals surface area (Å²) in [7, 11) is 0. The molecule has 0 radical (unpaired) electrons. The first-order valence-corrected chi connectivity index (χ1v) is 5.66. The molecule has 100 valence electrons. The molecule has 7 nitrogen and oxygen atoms in total. The van der Waals surface area contributed by atoms with Crippen LogP contribution in [-0.2, 0) is 0 Å². The maximum absolute atomic E-state index is 10.8. The summed E-state index contributed by atoms with van der Waals surface area (Å²) in [5.74, 6) is 0.137. The highest BCUT2D eigenvalue weighted by molar-refractivity contribution is 5.21. The van der Waals surface area contributed by atoms with Gasteiger partial charge in [0.15, 0.2) is 0 Å². The first kappa shape index (κ1) is 13.0. The highest BCUT2D eigenvalue weighted by Crippen LogP contribution is 2.23. The van der Waals surface area contributed by atoms with Gasteiger partial charge in [-0.1, -0.05) is 23.2 Å². The molecule has 1 aromatic carbocycles. The molecule has 1 N–H and O–H groups in total. The first-order valence-electron chi connectivity index (χ1n) is 5.66. The topological polar surface area (TPSA) is 90.4 Å². The minimum absolute atomic E-state index is 0.373. The molecular formula is C12H13N3O4. The minimum atomic E-state index is -0.937. The summed E-state index contributed by atoms with van der Waals surface area (Å²) in [5.41, 5.74) is 0. The summed E-state index contributed by atoms with van der Waals surface area (Å²) in [6.07, 6.45) is 0.846. The quantitative estimate of drug-likeness (QED) is 0.655. The van der Waals surface area contributed by atoms with Crippen molar-refractivity contribution in [3.63, 3.8) is 0 Å². The molecule has 2 aromatic rings. The predicted octanol–water partition coefficient (Wildman–Crippen LogP) is 1.75. The Balaban J connectivity index is 2.30. The first-order chi connectivity index (χ1) is 9.09. The lowest BCUT2D eigenvalue weighted by Crippen LogP contribution is -2.27. The number of rotatable bonds is 5. The van der Waals surface area contributed by atoms with Crippen molar-refractivity contribution in [2.75, 3.05) is 0 Å². The third-order valence-electron chi connectivity index (χ3n) is 2.50. The Labute approximate surface area is 109 Å². The summed E-state index contributed by atoms with van der Waals surface area (Å²) < 4.78 is 6.77. The van der Waals surface area contributed by atoms with E-state index >= 15 is 0 Å². The molecule has 0 aliphatic rings. The van der Waals surface area contributed by atoms with E-state index in [1.807, 2.05) is 6.07 Å². The molecule has 7 heteroatoms. The number of hydrogen-bond donors (Lipinski definition) is 1. The van der Waals surface area contributed by atoms with Gasteiger partial charge in [0.1, 0.15) is 24.2 Å². The zero-order chi connectivity index (χ0) is 13.8. The molecule has 19 heavy (non-hydrogen) atoms. The third kappa shape index (κ3) is 2.89. The zero-order valence-corrected chi connectivity index (χ0v) is 10.2. The van der Waals surface area contributed by atoms with Crippen LogP contribution in [0.1, 0.15) is 13.2 Å². The van der Waals surface area contributed by atoms with Crippen molar-refractivity contribution in [1.82, 2.24) is 9.55 Å². The summed E-state index contributed by atoms with van der Waals surface area (Å²) in [6, 6.07) is 8.79. The summed E-state index contributed by atoms with van der Waals surface area (Å²) >= 11 is 0. The number of ether oxygens (including phenoxy) is 1. The Morgan fingerprint density at radius 1 is 1.42 bits per heavy atom. The fraction of sp³-hybridized carbons (Fsp3) is 0.250. The van der Waals surface area contributed by atoms with Crippen LogP contribution in [0, 0.1) is 10.1 Å². The molecule has 2 unspecified atom stereocenters. The molecule has 0 saturated heterocycles. The van der Waals surface area contributed by atoms with Crippen LogP contribution in [0.2, 0.25) is 0 Å². The zero-order valence-electron chi connectivity index (χ0n) is 10.2. The van der Waals surface area contributed by atoms with E-state index in [0.717, 1.165) is 0 Å². The number of nitro groups is 1. The van der Waals surface area contributed by atoms with E-state index in [1.165, 1.54) is 23.9 Å². The molecule has 0 bridgehead atoms. The van der Waals surface area contributed by atoms with E-state index in [4.69, 9.17) is 4.74 Å². The molecule has 0 aliphatic carbocycles. The van der Waals surface area contributed by atoms with Crippen LogP contribution in [0.3, 0.4) is 0 Å². The summed E-state index contributed by atoms with van der Waals surface area (Å²) in [4.78, 5) is 13.9. The molecule has 1 aromatic heterocycles. The van der Waals surface area contributed by atoms with Crippen molar-refractivity contribution in [2.45, 2.75) is 19.3 Å². The van der Waals surface area contributed by atoms with Crippen LogP contribution < -0.4 is 4.74 Å². The van der Waals surface area contributed by atoms with Crippen molar-refractivity contribution in [2.24, 2.45) is 0 Å². The fourth-order valence-electron chi connectivity index (χ4n) is 1.67. The second kappa shape index (κ2) is 5.49. The number of aliphatic hydroxyl groups excluding tert-OH is 1. The van der Waals surface area contributed by atoms with Crippen molar-refractivity contribution in [3.05, 3.63) is 52.8 Å². The van der Waals surface area contributed by atoms with E-state index in [2.05, 4.69) is 4.98 Å². The molecule has 2 rings (SSSR count). The lowest BCUT2D eigenvalue weighted by molar-refractivity contribution is -0.398. The van der Waals surface area contributed by atoms with E-state index in [0.29, 0.717) is 5.75 Å². The number of aliphatic hydroxyl groups is 1. The monoisotopic (exact) mass is 263 g/mol. The van der Waals surface area contributed by atoms with Gasteiger partial charge in [0.05, 0.1) is 0 Å². The van der Waals surface area contributed by atoms with Crippen LogP contribution in [0.4, 0.5) is 5.95 Å². The largest absolute Gasteiger partial charge is 0.455 e. The van der Waals surface area contributed by atoms with Gasteiger partial charge < -0.3 is 20.0 Å². The van der Waals surface area contributed by atoms with Gasteiger partial charge in [0, 0.05) is 0 Å². The average molecular weight is 263 g/mol. The molecule has 2 atom stereocenters. The van der Waals surface area contributed by atoms with Crippen LogP contribution >= 0.6 is 0 Å². The smallest absolute Gasteiger partial charge is 0.437 e. The number of hydrogen-bond acceptors (Lipinski definition) is 5. The number of nitrogens with zero attached hydrogens (tertiary/aromatic N) is 3.